The monoisotopic (exact) mass is 310 g/mol. The number of aryl methyl sites for hydroxylation is 1. The van der Waals surface area contributed by atoms with Crippen LogP contribution in [0.2, 0.25) is 0 Å². The van der Waals surface area contributed by atoms with Crippen LogP contribution in [0.25, 0.3) is 0 Å². The maximum Gasteiger partial charge on any atom is 0.215 e. The molecule has 4 rings (SSSR count). The molecule has 3 atom stereocenters. The molecule has 0 amide bonds. The van der Waals surface area contributed by atoms with Crippen LogP contribution in [0.4, 0.5) is 0 Å². The van der Waals surface area contributed by atoms with Gasteiger partial charge >= 0.3 is 0 Å². The van der Waals surface area contributed by atoms with Crippen LogP contribution < -0.4 is 0 Å². The normalized spacial score (nSPS) is 39.8. The molecule has 0 unspecified atom stereocenters. The lowest BCUT2D eigenvalue weighted by Gasteiger charge is -2.37. The maximum absolute atomic E-state index is 12.7. The second-order valence-electron chi connectivity index (χ2n) is 7.60. The molecule has 3 fully saturated rings. The molecule has 1 aliphatic heterocycles. The van der Waals surface area contributed by atoms with E-state index in [1.165, 1.54) is 6.42 Å². The molecule has 0 aromatic carbocycles. The van der Waals surface area contributed by atoms with Gasteiger partial charge in [-0.25, -0.2) is 8.42 Å². The van der Waals surface area contributed by atoms with Gasteiger partial charge in [0.05, 0.1) is 18.0 Å². The summed E-state index contributed by atoms with van der Waals surface area (Å²) in [6.45, 7) is 6.72. The Bertz CT molecular complexity index is 694. The quantitative estimate of drug-likeness (QED) is 0.841. The summed E-state index contributed by atoms with van der Waals surface area (Å²) >= 11 is 0. The molecular formula is C15H22N2O3S. The first-order chi connectivity index (χ1) is 9.76. The van der Waals surface area contributed by atoms with Gasteiger partial charge in [-0.15, -0.1) is 0 Å². The van der Waals surface area contributed by atoms with Crippen LogP contribution in [0, 0.1) is 23.7 Å². The van der Waals surface area contributed by atoms with E-state index in [4.69, 9.17) is 4.52 Å². The number of nitrogens with zero attached hydrogens (tertiary/aromatic N) is 2. The minimum absolute atomic E-state index is 0.0602. The van der Waals surface area contributed by atoms with E-state index >= 15 is 0 Å². The zero-order chi connectivity index (χ0) is 15.0. The van der Waals surface area contributed by atoms with Gasteiger partial charge in [0.15, 0.2) is 0 Å². The Hall–Kier alpha value is -0.880. The molecule has 2 heterocycles. The van der Waals surface area contributed by atoms with Gasteiger partial charge in [-0.2, -0.15) is 4.31 Å². The average molecular weight is 310 g/mol. The maximum atomic E-state index is 12.7. The molecular weight excluding hydrogens is 288 g/mol. The molecule has 2 bridgehead atoms. The number of rotatable bonds is 2. The van der Waals surface area contributed by atoms with Crippen molar-refractivity contribution in [2.24, 2.45) is 16.7 Å². The predicted molar refractivity (Wildman–Crippen MR) is 77.9 cm³/mol. The fourth-order valence-corrected chi connectivity index (χ4v) is 7.77. The highest BCUT2D eigenvalue weighted by Gasteiger charge is 2.71. The lowest BCUT2D eigenvalue weighted by molar-refractivity contribution is 0.111. The van der Waals surface area contributed by atoms with E-state index < -0.39 is 10.0 Å². The lowest BCUT2D eigenvalue weighted by atomic mass is 9.69. The number of aromatic nitrogens is 1. The highest BCUT2D eigenvalue weighted by molar-refractivity contribution is 7.89. The Morgan fingerprint density at radius 3 is 2.86 bits per heavy atom. The molecule has 1 aromatic heterocycles. The smallest absolute Gasteiger partial charge is 0.215 e. The van der Waals surface area contributed by atoms with Gasteiger partial charge in [-0.1, -0.05) is 19.0 Å². The minimum Gasteiger partial charge on any atom is -0.361 e. The first kappa shape index (κ1) is 13.8. The largest absolute Gasteiger partial charge is 0.361 e. The van der Waals surface area contributed by atoms with Crippen molar-refractivity contribution in [2.75, 3.05) is 5.75 Å². The van der Waals surface area contributed by atoms with E-state index in [0.29, 0.717) is 23.9 Å². The highest BCUT2D eigenvalue weighted by Crippen LogP contribution is 2.70. The van der Waals surface area contributed by atoms with E-state index in [-0.39, 0.29) is 16.9 Å². The molecule has 2 aliphatic carbocycles. The lowest BCUT2D eigenvalue weighted by Crippen LogP contribution is -2.41. The highest BCUT2D eigenvalue weighted by atomic mass is 32.2. The van der Waals surface area contributed by atoms with Crippen LogP contribution in [-0.4, -0.2) is 29.7 Å². The van der Waals surface area contributed by atoms with Gasteiger partial charge in [-0.3, -0.25) is 0 Å². The van der Waals surface area contributed by atoms with Crippen molar-refractivity contribution in [2.45, 2.75) is 52.6 Å². The molecule has 0 radical (unpaired) electrons. The average Bonchev–Trinajstić information content (AvgIpc) is 3.01. The van der Waals surface area contributed by atoms with Gasteiger partial charge in [-0.05, 0) is 37.5 Å². The SMILES string of the molecule is Cc1cc(CN2[C@@H]3C[C@H]4CC[C@@]3(CS2(=O)=O)C4(C)C)no1. The van der Waals surface area contributed by atoms with Crippen LogP contribution in [0.15, 0.2) is 10.6 Å². The molecule has 1 aromatic rings. The van der Waals surface area contributed by atoms with Gasteiger partial charge in [0.25, 0.3) is 0 Å². The molecule has 116 valence electrons. The van der Waals surface area contributed by atoms with Gasteiger partial charge in [0.1, 0.15) is 5.76 Å². The summed E-state index contributed by atoms with van der Waals surface area (Å²) < 4.78 is 32.2. The predicted octanol–water partition coefficient (Wildman–Crippen LogP) is 2.32. The van der Waals surface area contributed by atoms with Gasteiger partial charge in [0.2, 0.25) is 10.0 Å². The van der Waals surface area contributed by atoms with E-state index in [1.807, 2.05) is 13.0 Å². The van der Waals surface area contributed by atoms with Gasteiger partial charge < -0.3 is 4.52 Å². The van der Waals surface area contributed by atoms with E-state index in [1.54, 1.807) is 4.31 Å². The third-order valence-corrected chi connectivity index (χ3v) is 8.51. The summed E-state index contributed by atoms with van der Waals surface area (Å²) in [6.07, 6.45) is 3.22. The summed E-state index contributed by atoms with van der Waals surface area (Å²) in [5.41, 5.74) is 0.780. The minimum atomic E-state index is -3.20. The van der Waals surface area contributed by atoms with Crippen LogP contribution in [0.1, 0.15) is 44.6 Å². The first-order valence-corrected chi connectivity index (χ1v) is 9.29. The molecule has 1 spiro atoms. The van der Waals surface area contributed by atoms with Crippen LogP contribution in [0.5, 0.6) is 0 Å². The third-order valence-electron chi connectivity index (χ3n) is 6.53. The van der Waals surface area contributed by atoms with E-state index in [9.17, 15) is 8.42 Å². The second kappa shape index (κ2) is 3.90. The summed E-state index contributed by atoms with van der Waals surface area (Å²) in [5.74, 6) is 1.69. The molecule has 6 heteroatoms. The molecule has 1 saturated heterocycles. The van der Waals surface area contributed by atoms with Crippen LogP contribution in [-0.2, 0) is 16.6 Å². The van der Waals surface area contributed by atoms with Crippen molar-refractivity contribution in [3.05, 3.63) is 17.5 Å². The molecule has 0 N–H and O–H groups in total. The topological polar surface area (TPSA) is 63.4 Å². The van der Waals surface area contributed by atoms with Crippen molar-refractivity contribution in [1.29, 1.82) is 0 Å². The van der Waals surface area contributed by atoms with Crippen molar-refractivity contribution in [3.8, 4) is 0 Å². The number of hydrogen-bond donors (Lipinski definition) is 0. The Morgan fingerprint density at radius 1 is 1.48 bits per heavy atom. The van der Waals surface area contributed by atoms with Crippen molar-refractivity contribution >= 4 is 10.0 Å². The zero-order valence-electron chi connectivity index (χ0n) is 12.8. The number of sulfonamides is 1. The molecule has 21 heavy (non-hydrogen) atoms. The van der Waals surface area contributed by atoms with Gasteiger partial charge in [0, 0.05) is 17.5 Å². The second-order valence-corrected chi connectivity index (χ2v) is 9.52. The van der Waals surface area contributed by atoms with Crippen molar-refractivity contribution in [1.82, 2.24) is 9.46 Å². The Kier molecular flexibility index (Phi) is 2.56. The van der Waals surface area contributed by atoms with Crippen LogP contribution in [0.3, 0.4) is 0 Å². The van der Waals surface area contributed by atoms with Crippen molar-refractivity contribution in [3.63, 3.8) is 0 Å². The summed E-state index contributed by atoms with van der Waals surface area (Å²) in [7, 11) is -3.20. The first-order valence-electron chi connectivity index (χ1n) is 7.68. The summed E-state index contributed by atoms with van der Waals surface area (Å²) in [6, 6.07) is 1.98. The Labute approximate surface area is 125 Å². The zero-order valence-corrected chi connectivity index (χ0v) is 13.6. The number of hydrogen-bond acceptors (Lipinski definition) is 4. The molecule has 2 saturated carbocycles. The standard InChI is InChI=1S/C15H22N2O3S/c1-10-6-12(16-20-10)8-17-13-7-11-4-5-15(13,14(11,2)3)9-21(17,18)19/h6,11,13H,4-5,7-9H2,1-3H3/t11-,13-,15+/m1/s1. The Balaban J connectivity index is 1.72. The fourth-order valence-electron chi connectivity index (χ4n) is 5.24. The third kappa shape index (κ3) is 1.60. The number of fused-ring (bicyclic) bond motifs is 1. The molecule has 3 aliphatic rings. The summed E-state index contributed by atoms with van der Waals surface area (Å²) in [4.78, 5) is 0. The summed E-state index contributed by atoms with van der Waals surface area (Å²) in [5, 5.41) is 3.97. The van der Waals surface area contributed by atoms with E-state index in [2.05, 4.69) is 19.0 Å². The Morgan fingerprint density at radius 2 is 2.24 bits per heavy atom. The van der Waals surface area contributed by atoms with Crippen LogP contribution >= 0.6 is 0 Å². The van der Waals surface area contributed by atoms with Crippen molar-refractivity contribution < 1.29 is 12.9 Å². The molecule has 5 nitrogen and oxygen atoms in total. The fraction of sp³-hybridized carbons (Fsp3) is 0.800. The van der Waals surface area contributed by atoms with E-state index in [0.717, 1.165) is 18.6 Å².